The second kappa shape index (κ2) is 15.1. The molecule has 0 saturated carbocycles. The standard InChI is InChI=1S/C36H33N3O6S/c1-3-44-28-16-10-24(11-17-28)22-31(38-34(41)25-8-6-5-7-9-25)35(42)37-26-12-20-30(21-13-26)46-32-23-33(40)39(36(32)43)27-14-18-29(19-15-27)45-4-2/h5-22,32H,3-4,23H2,1-2H3,(H,37,42)(H,38,41)/b31-22-. The highest BCUT2D eigenvalue weighted by Gasteiger charge is 2.40. The third-order valence-electron chi connectivity index (χ3n) is 6.93. The van der Waals surface area contributed by atoms with E-state index in [4.69, 9.17) is 9.47 Å². The van der Waals surface area contributed by atoms with E-state index in [0.29, 0.717) is 47.2 Å². The average Bonchev–Trinajstić information content (AvgIpc) is 3.35. The summed E-state index contributed by atoms with van der Waals surface area (Å²) in [5.74, 6) is -0.115. The molecule has 10 heteroatoms. The minimum absolute atomic E-state index is 0.0564. The van der Waals surface area contributed by atoms with E-state index in [2.05, 4.69) is 10.6 Å². The lowest BCUT2D eigenvalue weighted by molar-refractivity contribution is -0.121. The van der Waals surface area contributed by atoms with Crippen LogP contribution in [0.25, 0.3) is 6.08 Å². The van der Waals surface area contributed by atoms with Crippen molar-refractivity contribution in [2.75, 3.05) is 23.4 Å². The number of carbonyl (C=O) groups excluding carboxylic acids is 4. The van der Waals surface area contributed by atoms with Crippen LogP contribution in [-0.2, 0) is 14.4 Å². The maximum Gasteiger partial charge on any atom is 0.272 e. The summed E-state index contributed by atoms with van der Waals surface area (Å²) in [6, 6.07) is 29.6. The molecular formula is C36H33N3O6S. The quantitative estimate of drug-likeness (QED) is 0.138. The lowest BCUT2D eigenvalue weighted by Gasteiger charge is -2.15. The van der Waals surface area contributed by atoms with Gasteiger partial charge in [-0.15, -0.1) is 11.8 Å². The summed E-state index contributed by atoms with van der Waals surface area (Å²) in [4.78, 5) is 54.2. The van der Waals surface area contributed by atoms with E-state index >= 15 is 0 Å². The Balaban J connectivity index is 1.26. The lowest BCUT2D eigenvalue weighted by Crippen LogP contribution is -2.31. The summed E-state index contributed by atoms with van der Waals surface area (Å²) >= 11 is 1.29. The van der Waals surface area contributed by atoms with E-state index in [1.807, 2.05) is 13.8 Å². The molecular weight excluding hydrogens is 602 g/mol. The van der Waals surface area contributed by atoms with Crippen molar-refractivity contribution in [1.29, 1.82) is 0 Å². The van der Waals surface area contributed by atoms with E-state index < -0.39 is 17.1 Å². The number of benzene rings is 4. The van der Waals surface area contributed by atoms with Crippen LogP contribution in [0.2, 0.25) is 0 Å². The number of hydrogen-bond acceptors (Lipinski definition) is 7. The Bertz CT molecular complexity index is 1720. The summed E-state index contributed by atoms with van der Waals surface area (Å²) in [5, 5.41) is 4.99. The molecule has 0 radical (unpaired) electrons. The second-order valence-corrected chi connectivity index (χ2v) is 11.4. The highest BCUT2D eigenvalue weighted by atomic mass is 32.2. The molecule has 2 N–H and O–H groups in total. The number of ether oxygens (including phenoxy) is 2. The van der Waals surface area contributed by atoms with Crippen LogP contribution < -0.4 is 25.0 Å². The van der Waals surface area contributed by atoms with Gasteiger partial charge in [-0.25, -0.2) is 4.90 Å². The smallest absolute Gasteiger partial charge is 0.272 e. The predicted molar refractivity (Wildman–Crippen MR) is 179 cm³/mol. The van der Waals surface area contributed by atoms with Gasteiger partial charge >= 0.3 is 0 Å². The molecule has 234 valence electrons. The monoisotopic (exact) mass is 635 g/mol. The van der Waals surface area contributed by atoms with Crippen molar-refractivity contribution < 1.29 is 28.7 Å². The molecule has 1 aliphatic heterocycles. The highest BCUT2D eigenvalue weighted by molar-refractivity contribution is 8.00. The van der Waals surface area contributed by atoms with Gasteiger partial charge in [-0.05, 0) is 98.3 Å². The van der Waals surface area contributed by atoms with Crippen LogP contribution in [0.4, 0.5) is 11.4 Å². The molecule has 46 heavy (non-hydrogen) atoms. The Morgan fingerprint density at radius 3 is 2.04 bits per heavy atom. The number of nitrogens with one attached hydrogen (secondary N) is 2. The van der Waals surface area contributed by atoms with Crippen molar-refractivity contribution in [1.82, 2.24) is 5.32 Å². The van der Waals surface area contributed by atoms with Gasteiger partial charge in [-0.2, -0.15) is 0 Å². The van der Waals surface area contributed by atoms with Gasteiger partial charge in [0.05, 0.1) is 24.2 Å². The minimum Gasteiger partial charge on any atom is -0.494 e. The van der Waals surface area contributed by atoms with Crippen LogP contribution in [-0.4, -0.2) is 42.1 Å². The van der Waals surface area contributed by atoms with Gasteiger partial charge in [0.25, 0.3) is 11.8 Å². The molecule has 9 nitrogen and oxygen atoms in total. The predicted octanol–water partition coefficient (Wildman–Crippen LogP) is 6.32. The number of hydrogen-bond donors (Lipinski definition) is 2. The number of nitrogens with zero attached hydrogens (tertiary/aromatic N) is 1. The molecule has 0 bridgehead atoms. The van der Waals surface area contributed by atoms with Crippen LogP contribution in [0.15, 0.2) is 114 Å². The first kappa shape index (κ1) is 32.1. The molecule has 1 fully saturated rings. The van der Waals surface area contributed by atoms with Crippen LogP contribution in [0, 0.1) is 0 Å². The molecule has 1 heterocycles. The minimum atomic E-state index is -0.573. The van der Waals surface area contributed by atoms with Gasteiger partial charge in [0, 0.05) is 22.6 Å². The molecule has 1 unspecified atom stereocenters. The molecule has 1 saturated heterocycles. The first-order valence-electron chi connectivity index (χ1n) is 14.8. The van der Waals surface area contributed by atoms with Crippen LogP contribution in [0.1, 0.15) is 36.2 Å². The molecule has 0 aliphatic carbocycles. The summed E-state index contributed by atoms with van der Waals surface area (Å²) < 4.78 is 11.0. The van der Waals surface area contributed by atoms with E-state index in [0.717, 1.165) is 4.90 Å². The largest absolute Gasteiger partial charge is 0.494 e. The first-order chi connectivity index (χ1) is 22.3. The number of imide groups is 1. The maximum atomic E-state index is 13.4. The normalized spacial score (nSPS) is 14.6. The topological polar surface area (TPSA) is 114 Å². The third kappa shape index (κ3) is 8.02. The molecule has 0 aromatic heterocycles. The third-order valence-corrected chi connectivity index (χ3v) is 8.13. The molecule has 4 aromatic carbocycles. The Labute approximate surface area is 271 Å². The fourth-order valence-electron chi connectivity index (χ4n) is 4.74. The molecule has 4 aromatic rings. The second-order valence-electron chi connectivity index (χ2n) is 10.2. The molecule has 4 amide bonds. The van der Waals surface area contributed by atoms with E-state index in [1.165, 1.54) is 16.7 Å². The zero-order valence-electron chi connectivity index (χ0n) is 25.4. The van der Waals surface area contributed by atoms with Crippen molar-refractivity contribution >= 4 is 52.8 Å². The van der Waals surface area contributed by atoms with Crippen molar-refractivity contribution in [3.05, 3.63) is 120 Å². The lowest BCUT2D eigenvalue weighted by atomic mass is 10.1. The Morgan fingerprint density at radius 1 is 0.826 bits per heavy atom. The first-order valence-corrected chi connectivity index (χ1v) is 15.7. The fraction of sp³-hybridized carbons (Fsp3) is 0.167. The number of carbonyl (C=O) groups is 4. The van der Waals surface area contributed by atoms with Crippen molar-refractivity contribution in [3.63, 3.8) is 0 Å². The van der Waals surface area contributed by atoms with Crippen LogP contribution in [0.3, 0.4) is 0 Å². The Kier molecular flexibility index (Phi) is 10.5. The van der Waals surface area contributed by atoms with E-state index in [-0.39, 0.29) is 23.9 Å². The van der Waals surface area contributed by atoms with Crippen LogP contribution >= 0.6 is 11.8 Å². The summed E-state index contributed by atoms with van der Waals surface area (Å²) in [6.45, 7) is 4.84. The summed E-state index contributed by atoms with van der Waals surface area (Å²) in [5.41, 5.74) is 2.17. The maximum absolute atomic E-state index is 13.4. The van der Waals surface area contributed by atoms with Gasteiger partial charge in [-0.3, -0.25) is 19.2 Å². The molecule has 1 aliphatic rings. The van der Waals surface area contributed by atoms with Crippen molar-refractivity contribution in [3.8, 4) is 11.5 Å². The van der Waals surface area contributed by atoms with Gasteiger partial charge in [0.1, 0.15) is 17.2 Å². The SMILES string of the molecule is CCOc1ccc(/C=C(\NC(=O)c2ccccc2)C(=O)Nc2ccc(SC3CC(=O)N(c4ccc(OCC)cc4)C3=O)cc2)cc1. The molecule has 5 rings (SSSR count). The van der Waals surface area contributed by atoms with Crippen molar-refractivity contribution in [2.24, 2.45) is 0 Å². The molecule has 1 atom stereocenters. The Morgan fingerprint density at radius 2 is 1.43 bits per heavy atom. The van der Waals surface area contributed by atoms with Gasteiger partial charge < -0.3 is 20.1 Å². The number of thioether (sulfide) groups is 1. The van der Waals surface area contributed by atoms with Gasteiger partial charge in [0.15, 0.2) is 0 Å². The number of anilines is 2. The number of rotatable bonds is 12. The van der Waals surface area contributed by atoms with Crippen LogP contribution in [0.5, 0.6) is 11.5 Å². The average molecular weight is 636 g/mol. The highest BCUT2D eigenvalue weighted by Crippen LogP contribution is 2.35. The van der Waals surface area contributed by atoms with E-state index in [9.17, 15) is 19.2 Å². The fourth-order valence-corrected chi connectivity index (χ4v) is 5.79. The zero-order valence-corrected chi connectivity index (χ0v) is 26.2. The van der Waals surface area contributed by atoms with Gasteiger partial charge in [0.2, 0.25) is 11.8 Å². The summed E-state index contributed by atoms with van der Waals surface area (Å²) in [7, 11) is 0. The zero-order chi connectivity index (χ0) is 32.5. The molecule has 0 spiro atoms. The Hall–Kier alpha value is -5.35. The van der Waals surface area contributed by atoms with Crippen molar-refractivity contribution in [2.45, 2.75) is 30.4 Å². The van der Waals surface area contributed by atoms with E-state index in [1.54, 1.807) is 109 Å². The number of amides is 4. The van der Waals surface area contributed by atoms with Gasteiger partial charge in [-0.1, -0.05) is 30.3 Å². The summed E-state index contributed by atoms with van der Waals surface area (Å²) in [6.07, 6.45) is 1.67.